The Morgan fingerprint density at radius 3 is 2.70 bits per heavy atom. The molecule has 1 amide bonds. The molecule has 2 fully saturated rings. The quantitative estimate of drug-likeness (QED) is 0.246. The fourth-order valence-electron chi connectivity index (χ4n) is 6.02. The predicted molar refractivity (Wildman–Crippen MR) is 166 cm³/mol. The number of nitrogens with one attached hydrogen (secondary N) is 2. The van der Waals surface area contributed by atoms with Gasteiger partial charge in [0.25, 0.3) is 5.91 Å². The number of likely N-dealkylation sites (tertiary alicyclic amines) is 2. The molecule has 3 aromatic heterocycles. The number of nitrogens with zero attached hydrogens (tertiary/aromatic N) is 4. The van der Waals surface area contributed by atoms with E-state index in [1.807, 2.05) is 18.3 Å². The van der Waals surface area contributed by atoms with Gasteiger partial charge in [0.2, 0.25) is 0 Å². The second-order valence-corrected chi connectivity index (χ2v) is 12.3. The predicted octanol–water partition coefficient (Wildman–Crippen LogP) is 6.01. The van der Waals surface area contributed by atoms with Crippen molar-refractivity contribution in [1.29, 1.82) is 0 Å². The average Bonchev–Trinajstić information content (AvgIpc) is 3.44. The fourth-order valence-corrected chi connectivity index (χ4v) is 7.03. The minimum atomic E-state index is 0.0464. The van der Waals surface area contributed by atoms with E-state index < -0.39 is 0 Å². The lowest BCUT2D eigenvalue weighted by molar-refractivity contribution is 0.0917. The van der Waals surface area contributed by atoms with Crippen LogP contribution in [0.3, 0.4) is 0 Å². The Morgan fingerprint density at radius 1 is 1.02 bits per heavy atom. The summed E-state index contributed by atoms with van der Waals surface area (Å²) in [5.74, 6) is 0.0464. The maximum Gasteiger partial charge on any atom is 0.261 e. The fraction of sp³-hybridized carbons (Fsp3) is 0.469. The molecular formula is C32H40N6OS. The van der Waals surface area contributed by atoms with Gasteiger partial charge in [-0.2, -0.15) is 0 Å². The summed E-state index contributed by atoms with van der Waals surface area (Å²) >= 11 is 1.57. The number of rotatable bonds is 9. The van der Waals surface area contributed by atoms with Gasteiger partial charge in [-0.3, -0.25) is 9.78 Å². The van der Waals surface area contributed by atoms with E-state index in [-0.39, 0.29) is 11.9 Å². The summed E-state index contributed by atoms with van der Waals surface area (Å²) in [6.07, 6.45) is 10.9. The van der Waals surface area contributed by atoms with E-state index in [0.29, 0.717) is 0 Å². The molecule has 0 bridgehead atoms. The molecule has 2 N–H and O–H groups in total. The monoisotopic (exact) mass is 556 g/mol. The van der Waals surface area contributed by atoms with Gasteiger partial charge in [-0.1, -0.05) is 25.5 Å². The van der Waals surface area contributed by atoms with Crippen molar-refractivity contribution in [2.24, 2.45) is 0 Å². The normalized spacial score (nSPS) is 17.4. The van der Waals surface area contributed by atoms with E-state index >= 15 is 0 Å². The van der Waals surface area contributed by atoms with Gasteiger partial charge in [-0.25, -0.2) is 4.98 Å². The molecule has 1 aromatic carbocycles. The summed E-state index contributed by atoms with van der Waals surface area (Å²) < 4.78 is 1.11. The number of hydrogen-bond acceptors (Lipinski definition) is 7. The van der Waals surface area contributed by atoms with E-state index in [0.717, 1.165) is 94.8 Å². The number of aromatic nitrogens is 2. The third-order valence-corrected chi connectivity index (χ3v) is 9.53. The SMILES string of the molecule is CCN1CCC(NC(=O)c2cc3ccc(-c4cc(NCCCN5CCCCC5)c5cnccc5n4)cc3s2)CC1. The zero-order valence-corrected chi connectivity index (χ0v) is 24.3. The molecule has 6 rings (SSSR count). The highest BCUT2D eigenvalue weighted by Gasteiger charge is 2.21. The van der Waals surface area contributed by atoms with Crippen LogP contribution in [0.1, 0.15) is 55.1 Å². The summed E-state index contributed by atoms with van der Waals surface area (Å²) in [6, 6.07) is 12.8. The third-order valence-electron chi connectivity index (χ3n) is 8.44. The second-order valence-electron chi connectivity index (χ2n) is 11.2. The maximum absolute atomic E-state index is 13.1. The van der Waals surface area contributed by atoms with E-state index in [2.05, 4.69) is 56.6 Å². The minimum Gasteiger partial charge on any atom is -0.384 e. The topological polar surface area (TPSA) is 73.4 Å². The van der Waals surface area contributed by atoms with Crippen LogP contribution in [0.2, 0.25) is 0 Å². The Kier molecular flexibility index (Phi) is 8.56. The summed E-state index contributed by atoms with van der Waals surface area (Å²) in [7, 11) is 0. The van der Waals surface area contributed by atoms with Crippen molar-refractivity contribution in [3.63, 3.8) is 0 Å². The van der Waals surface area contributed by atoms with Gasteiger partial charge >= 0.3 is 0 Å². The van der Waals surface area contributed by atoms with Gasteiger partial charge in [0, 0.05) is 59.4 Å². The van der Waals surface area contributed by atoms with Gasteiger partial charge in [-0.05, 0) is 87.9 Å². The van der Waals surface area contributed by atoms with Crippen LogP contribution in [-0.2, 0) is 0 Å². The Labute approximate surface area is 241 Å². The molecule has 0 unspecified atom stereocenters. The smallest absolute Gasteiger partial charge is 0.261 e. The largest absolute Gasteiger partial charge is 0.384 e. The number of pyridine rings is 2. The van der Waals surface area contributed by atoms with E-state index in [4.69, 9.17) is 4.98 Å². The first-order valence-corrected chi connectivity index (χ1v) is 15.8. The number of thiophene rings is 1. The number of carbonyl (C=O) groups excluding carboxylic acids is 1. The van der Waals surface area contributed by atoms with Crippen LogP contribution in [0.25, 0.3) is 32.2 Å². The second kappa shape index (κ2) is 12.6. The Morgan fingerprint density at radius 2 is 1.88 bits per heavy atom. The Hall–Kier alpha value is -3.07. The molecule has 0 radical (unpaired) electrons. The van der Waals surface area contributed by atoms with Gasteiger partial charge in [0.15, 0.2) is 0 Å². The third kappa shape index (κ3) is 6.29. The molecule has 2 saturated heterocycles. The summed E-state index contributed by atoms with van der Waals surface area (Å²) in [4.78, 5) is 28.2. The minimum absolute atomic E-state index is 0.0464. The lowest BCUT2D eigenvalue weighted by atomic mass is 10.0. The van der Waals surface area contributed by atoms with Crippen molar-refractivity contribution >= 4 is 43.9 Å². The van der Waals surface area contributed by atoms with Crippen molar-refractivity contribution in [3.05, 3.63) is 53.7 Å². The maximum atomic E-state index is 13.1. The molecule has 40 heavy (non-hydrogen) atoms. The van der Waals surface area contributed by atoms with Gasteiger partial charge in [0.1, 0.15) is 0 Å². The molecule has 2 aliphatic heterocycles. The van der Waals surface area contributed by atoms with Crippen LogP contribution in [0, 0.1) is 0 Å². The lowest BCUT2D eigenvalue weighted by Gasteiger charge is -2.31. The van der Waals surface area contributed by atoms with Crippen LogP contribution in [0.15, 0.2) is 48.8 Å². The lowest BCUT2D eigenvalue weighted by Crippen LogP contribution is -2.44. The molecular weight excluding hydrogens is 516 g/mol. The van der Waals surface area contributed by atoms with Crippen molar-refractivity contribution in [3.8, 4) is 11.3 Å². The number of anilines is 1. The number of amides is 1. The number of benzene rings is 1. The van der Waals surface area contributed by atoms with Crippen molar-refractivity contribution in [2.45, 2.75) is 51.5 Å². The molecule has 2 aliphatic rings. The summed E-state index contributed by atoms with van der Waals surface area (Å²) in [5.41, 5.74) is 4.00. The van der Waals surface area contributed by atoms with Crippen molar-refractivity contribution < 1.29 is 4.79 Å². The van der Waals surface area contributed by atoms with Gasteiger partial charge in [-0.15, -0.1) is 11.3 Å². The highest BCUT2D eigenvalue weighted by Crippen LogP contribution is 2.33. The molecule has 8 heteroatoms. The summed E-state index contributed by atoms with van der Waals surface area (Å²) in [6.45, 7) is 9.93. The molecule has 210 valence electrons. The molecule has 4 aromatic rings. The zero-order valence-electron chi connectivity index (χ0n) is 23.5. The molecule has 7 nitrogen and oxygen atoms in total. The van der Waals surface area contributed by atoms with Crippen molar-refractivity contribution in [2.75, 3.05) is 51.1 Å². The van der Waals surface area contributed by atoms with Crippen LogP contribution in [-0.4, -0.2) is 77.5 Å². The van der Waals surface area contributed by atoms with Gasteiger partial charge in [0.05, 0.1) is 16.1 Å². The molecule has 0 spiro atoms. The first kappa shape index (κ1) is 27.1. The highest BCUT2D eigenvalue weighted by atomic mass is 32.1. The van der Waals surface area contributed by atoms with Crippen LogP contribution >= 0.6 is 11.3 Å². The average molecular weight is 557 g/mol. The number of fused-ring (bicyclic) bond motifs is 2. The van der Waals surface area contributed by atoms with Gasteiger partial charge < -0.3 is 20.4 Å². The first-order chi connectivity index (χ1) is 19.7. The standard InChI is InChI=1S/C32H40N6OS/c1-2-37-17-10-25(11-18-37)35-32(39)31-20-24-8-7-23(19-30(24)40-31)28-21-29(26-22-33-13-9-27(26)36-28)34-12-6-16-38-14-4-3-5-15-38/h7-9,13,19-22,25H,2-6,10-12,14-18H2,1H3,(H,34,36)(H,35,39). The number of piperidine rings is 2. The molecule has 0 atom stereocenters. The first-order valence-electron chi connectivity index (χ1n) is 14.9. The van der Waals surface area contributed by atoms with E-state index in [9.17, 15) is 4.79 Å². The number of carbonyl (C=O) groups is 1. The van der Waals surface area contributed by atoms with E-state index in [1.54, 1.807) is 17.5 Å². The molecule has 0 saturated carbocycles. The highest BCUT2D eigenvalue weighted by molar-refractivity contribution is 7.20. The van der Waals surface area contributed by atoms with E-state index in [1.165, 1.54) is 32.4 Å². The zero-order chi connectivity index (χ0) is 27.3. The Balaban J connectivity index is 1.17. The molecule has 5 heterocycles. The van der Waals surface area contributed by atoms with Crippen LogP contribution < -0.4 is 10.6 Å². The Bertz CT molecular complexity index is 1450. The molecule has 0 aliphatic carbocycles. The van der Waals surface area contributed by atoms with Crippen LogP contribution in [0.4, 0.5) is 5.69 Å². The van der Waals surface area contributed by atoms with Crippen molar-refractivity contribution in [1.82, 2.24) is 25.1 Å². The summed E-state index contributed by atoms with van der Waals surface area (Å²) in [5, 5.41) is 9.10. The van der Waals surface area contributed by atoms with Crippen LogP contribution in [0.5, 0.6) is 0 Å². The number of hydrogen-bond donors (Lipinski definition) is 2.